The van der Waals surface area contributed by atoms with Gasteiger partial charge in [0, 0.05) is 38.2 Å². The van der Waals surface area contributed by atoms with Crippen LogP contribution in [0.25, 0.3) is 0 Å². The molecule has 5 nitrogen and oxygen atoms in total. The highest BCUT2D eigenvalue weighted by atomic mass is 127. The molecule has 1 aliphatic rings. The van der Waals surface area contributed by atoms with Crippen molar-refractivity contribution in [3.05, 3.63) is 64.7 Å². The second kappa shape index (κ2) is 9.73. The number of rotatable bonds is 4. The lowest BCUT2D eigenvalue weighted by Crippen LogP contribution is -2.40. The van der Waals surface area contributed by atoms with Gasteiger partial charge >= 0.3 is 0 Å². The predicted octanol–water partition coefficient (Wildman–Crippen LogP) is 3.71. The molecule has 1 heterocycles. The van der Waals surface area contributed by atoms with Crippen molar-refractivity contribution in [3.63, 3.8) is 0 Å². The van der Waals surface area contributed by atoms with Crippen LogP contribution in [-0.2, 0) is 11.3 Å². The van der Waals surface area contributed by atoms with E-state index < -0.39 is 0 Å². The van der Waals surface area contributed by atoms with Gasteiger partial charge in [-0.1, -0.05) is 42.0 Å². The summed E-state index contributed by atoms with van der Waals surface area (Å²) in [6, 6.07) is 14.4. The maximum atomic E-state index is 11.9. The van der Waals surface area contributed by atoms with Gasteiger partial charge in [0.2, 0.25) is 5.91 Å². The number of carbonyl (C=O) groups excluding carboxylic acids is 1. The van der Waals surface area contributed by atoms with E-state index in [1.54, 1.807) is 7.05 Å². The molecule has 0 spiro atoms. The number of anilines is 1. The van der Waals surface area contributed by atoms with Crippen molar-refractivity contribution in [2.45, 2.75) is 32.7 Å². The van der Waals surface area contributed by atoms with Crippen LogP contribution in [0.2, 0.25) is 0 Å². The second-order valence-corrected chi connectivity index (χ2v) is 6.77. The van der Waals surface area contributed by atoms with Crippen LogP contribution in [0.5, 0.6) is 0 Å². The van der Waals surface area contributed by atoms with Crippen molar-refractivity contribution in [1.29, 1.82) is 0 Å². The van der Waals surface area contributed by atoms with Gasteiger partial charge in [0.1, 0.15) is 0 Å². The van der Waals surface area contributed by atoms with Crippen LogP contribution < -0.4 is 16.0 Å². The van der Waals surface area contributed by atoms with E-state index in [9.17, 15) is 4.79 Å². The van der Waals surface area contributed by atoms with Crippen molar-refractivity contribution < 1.29 is 4.79 Å². The third-order valence-corrected chi connectivity index (χ3v) is 4.79. The van der Waals surface area contributed by atoms with Crippen LogP contribution in [-0.4, -0.2) is 25.5 Å². The van der Waals surface area contributed by atoms with E-state index in [-0.39, 0.29) is 35.8 Å². The van der Waals surface area contributed by atoms with E-state index in [0.29, 0.717) is 19.5 Å². The van der Waals surface area contributed by atoms with Gasteiger partial charge in [-0.15, -0.1) is 24.0 Å². The van der Waals surface area contributed by atoms with Gasteiger partial charge in [-0.3, -0.25) is 9.79 Å². The Morgan fingerprint density at radius 1 is 1.19 bits per heavy atom. The Balaban J connectivity index is 0.00000261. The summed E-state index contributed by atoms with van der Waals surface area (Å²) in [5, 5.41) is 9.66. The highest BCUT2D eigenvalue weighted by Gasteiger charge is 2.24. The number of guanidine groups is 1. The van der Waals surface area contributed by atoms with E-state index in [2.05, 4.69) is 59.1 Å². The minimum Gasteiger partial charge on any atom is -0.356 e. The minimum absolute atomic E-state index is 0. The summed E-state index contributed by atoms with van der Waals surface area (Å²) in [5.74, 6) is 0.946. The fourth-order valence-corrected chi connectivity index (χ4v) is 3.35. The molecule has 2 aromatic rings. The Bertz CT molecular complexity index is 835. The Kier molecular flexibility index (Phi) is 7.65. The number of hydrogen-bond acceptors (Lipinski definition) is 2. The zero-order chi connectivity index (χ0) is 18.5. The molecule has 1 atom stereocenters. The van der Waals surface area contributed by atoms with Gasteiger partial charge in [0.25, 0.3) is 0 Å². The maximum Gasteiger partial charge on any atom is 0.225 e. The molecule has 27 heavy (non-hydrogen) atoms. The van der Waals surface area contributed by atoms with Crippen LogP contribution in [0.3, 0.4) is 0 Å². The number of nitrogens with zero attached hydrogens (tertiary/aromatic N) is 1. The van der Waals surface area contributed by atoms with Crippen LogP contribution in [0, 0.1) is 13.8 Å². The molecular formula is C21H27IN4O. The van der Waals surface area contributed by atoms with E-state index in [0.717, 1.165) is 11.6 Å². The number of para-hydroxylation sites is 1. The average molecular weight is 478 g/mol. The Hall–Kier alpha value is -2.09. The third kappa shape index (κ3) is 5.45. The fraction of sp³-hybridized carbons (Fsp3) is 0.333. The number of nitrogens with one attached hydrogen (secondary N) is 3. The molecule has 0 saturated carbocycles. The summed E-state index contributed by atoms with van der Waals surface area (Å²) in [6.07, 6.45) is 0.484. The molecule has 2 aromatic carbocycles. The molecular weight excluding hydrogens is 451 g/mol. The zero-order valence-electron chi connectivity index (χ0n) is 16.0. The molecule has 1 aliphatic heterocycles. The first-order chi connectivity index (χ1) is 12.6. The number of hydrogen-bond donors (Lipinski definition) is 3. The number of fused-ring (bicyclic) bond motifs is 1. The summed E-state index contributed by atoms with van der Waals surface area (Å²) in [5.41, 5.74) is 5.87. The normalized spacial score (nSPS) is 16.0. The molecule has 0 bridgehead atoms. The molecule has 0 aromatic heterocycles. The maximum absolute atomic E-state index is 11.9. The molecule has 0 fully saturated rings. The summed E-state index contributed by atoms with van der Waals surface area (Å²) in [4.78, 5) is 16.2. The molecule has 0 saturated heterocycles. The predicted molar refractivity (Wildman–Crippen MR) is 122 cm³/mol. The molecule has 1 unspecified atom stereocenters. The monoisotopic (exact) mass is 478 g/mol. The van der Waals surface area contributed by atoms with Crippen LogP contribution in [0.1, 0.15) is 34.6 Å². The van der Waals surface area contributed by atoms with E-state index in [4.69, 9.17) is 0 Å². The van der Waals surface area contributed by atoms with Gasteiger partial charge in [0.05, 0.1) is 0 Å². The molecule has 3 N–H and O–H groups in total. The summed E-state index contributed by atoms with van der Waals surface area (Å²) < 4.78 is 0. The van der Waals surface area contributed by atoms with Crippen LogP contribution in [0.15, 0.2) is 47.5 Å². The van der Waals surface area contributed by atoms with E-state index in [1.807, 2.05) is 18.2 Å². The summed E-state index contributed by atoms with van der Waals surface area (Å²) in [6.45, 7) is 5.60. The van der Waals surface area contributed by atoms with Gasteiger partial charge in [-0.25, -0.2) is 0 Å². The Morgan fingerprint density at radius 3 is 2.70 bits per heavy atom. The summed E-state index contributed by atoms with van der Waals surface area (Å²) >= 11 is 0. The number of benzene rings is 2. The first-order valence-electron chi connectivity index (χ1n) is 8.96. The number of aryl methyl sites for hydroxylation is 2. The van der Waals surface area contributed by atoms with E-state index >= 15 is 0 Å². The van der Waals surface area contributed by atoms with Gasteiger partial charge in [0.15, 0.2) is 5.96 Å². The lowest BCUT2D eigenvalue weighted by atomic mass is 9.90. The Morgan fingerprint density at radius 2 is 1.96 bits per heavy atom. The van der Waals surface area contributed by atoms with Gasteiger partial charge in [-0.05, 0) is 36.6 Å². The topological polar surface area (TPSA) is 65.5 Å². The number of aliphatic imine (C=N–C) groups is 1. The third-order valence-electron chi connectivity index (χ3n) is 4.79. The van der Waals surface area contributed by atoms with Crippen molar-refractivity contribution in [2.24, 2.45) is 4.99 Å². The largest absolute Gasteiger partial charge is 0.356 e. The van der Waals surface area contributed by atoms with E-state index in [1.165, 1.54) is 22.3 Å². The molecule has 0 aliphatic carbocycles. The van der Waals surface area contributed by atoms with Crippen molar-refractivity contribution >= 4 is 41.5 Å². The number of amides is 1. The molecule has 3 rings (SSSR count). The number of carbonyl (C=O) groups is 1. The lowest BCUT2D eigenvalue weighted by Gasteiger charge is -2.26. The standard InChI is InChI=1S/C21H26N4O.HI/c1-14-8-9-16(15(2)10-14)12-23-21(22-3)24-13-17-11-20(26)25-19-7-5-4-6-18(17)19;/h4-10,17H,11-13H2,1-3H3,(H,25,26)(H2,22,23,24);1H. The van der Waals surface area contributed by atoms with Crippen molar-refractivity contribution in [1.82, 2.24) is 10.6 Å². The SMILES string of the molecule is CN=C(NCc1ccc(C)cc1C)NCC1CC(=O)Nc2ccccc21.I. The van der Waals surface area contributed by atoms with Gasteiger partial charge in [-0.2, -0.15) is 0 Å². The minimum atomic E-state index is 0. The quantitative estimate of drug-likeness (QED) is 0.357. The molecule has 144 valence electrons. The van der Waals surface area contributed by atoms with Gasteiger partial charge < -0.3 is 16.0 Å². The highest BCUT2D eigenvalue weighted by Crippen LogP contribution is 2.31. The first-order valence-corrected chi connectivity index (χ1v) is 8.96. The Labute approximate surface area is 178 Å². The first kappa shape index (κ1) is 21.2. The fourth-order valence-electron chi connectivity index (χ4n) is 3.35. The smallest absolute Gasteiger partial charge is 0.225 e. The highest BCUT2D eigenvalue weighted by molar-refractivity contribution is 14.0. The van der Waals surface area contributed by atoms with Crippen LogP contribution >= 0.6 is 24.0 Å². The summed E-state index contributed by atoms with van der Waals surface area (Å²) in [7, 11) is 1.76. The average Bonchev–Trinajstić information content (AvgIpc) is 2.63. The molecule has 0 radical (unpaired) electrons. The lowest BCUT2D eigenvalue weighted by molar-refractivity contribution is -0.116. The van der Waals surface area contributed by atoms with Crippen molar-refractivity contribution in [3.8, 4) is 0 Å². The number of halogens is 1. The van der Waals surface area contributed by atoms with Crippen molar-refractivity contribution in [2.75, 3.05) is 18.9 Å². The molecule has 1 amide bonds. The second-order valence-electron chi connectivity index (χ2n) is 6.77. The zero-order valence-corrected chi connectivity index (χ0v) is 18.3. The van der Waals surface area contributed by atoms with Crippen LogP contribution in [0.4, 0.5) is 5.69 Å². The molecule has 6 heteroatoms.